The number of anilines is 2. The van der Waals surface area contributed by atoms with Crippen molar-refractivity contribution in [2.45, 2.75) is 19.8 Å². The highest BCUT2D eigenvalue weighted by Gasteiger charge is 2.16. The fourth-order valence-electron chi connectivity index (χ4n) is 3.01. The van der Waals surface area contributed by atoms with Crippen molar-refractivity contribution in [1.29, 1.82) is 0 Å². The number of nitrogens with one attached hydrogen (secondary N) is 1. The summed E-state index contributed by atoms with van der Waals surface area (Å²) in [7, 11) is 0. The fraction of sp³-hybridized carbons (Fsp3) is 0.333. The number of carbonyl (C=O) groups is 2. The number of esters is 1. The van der Waals surface area contributed by atoms with Crippen LogP contribution in [0.2, 0.25) is 0 Å². The van der Waals surface area contributed by atoms with Gasteiger partial charge in [0.2, 0.25) is 0 Å². The molecule has 1 aliphatic heterocycles. The molecule has 0 aromatic heterocycles. The number of nitrogens with zero attached hydrogens (tertiary/aromatic N) is 1. The van der Waals surface area contributed by atoms with Gasteiger partial charge in [0.25, 0.3) is 5.91 Å². The van der Waals surface area contributed by atoms with E-state index in [4.69, 9.17) is 4.74 Å². The Hall–Kier alpha value is -2.82. The Bertz CT molecular complexity index is 736. The first-order valence-electron chi connectivity index (χ1n) is 8.99. The first-order valence-corrected chi connectivity index (χ1v) is 8.99. The maximum atomic E-state index is 12.0. The molecule has 0 bridgehead atoms. The zero-order valence-electron chi connectivity index (χ0n) is 15.0. The summed E-state index contributed by atoms with van der Waals surface area (Å²) in [5, 5.41) is 2.75. The second kappa shape index (κ2) is 8.52. The summed E-state index contributed by atoms with van der Waals surface area (Å²) in [6, 6.07) is 16.4. The smallest absolute Gasteiger partial charge is 0.338 e. The minimum Gasteiger partial charge on any atom is -0.452 e. The van der Waals surface area contributed by atoms with Gasteiger partial charge in [-0.2, -0.15) is 0 Å². The van der Waals surface area contributed by atoms with Gasteiger partial charge >= 0.3 is 5.97 Å². The van der Waals surface area contributed by atoms with Crippen LogP contribution in [0.1, 0.15) is 30.1 Å². The lowest BCUT2D eigenvalue weighted by atomic mass is 9.99. The largest absolute Gasteiger partial charge is 0.452 e. The van der Waals surface area contributed by atoms with Gasteiger partial charge in [0, 0.05) is 24.5 Å². The predicted octanol–water partition coefficient (Wildman–Crippen LogP) is 3.72. The molecule has 1 saturated heterocycles. The van der Waals surface area contributed by atoms with E-state index < -0.39 is 5.97 Å². The number of benzene rings is 2. The zero-order chi connectivity index (χ0) is 18.4. The molecule has 136 valence electrons. The molecule has 5 nitrogen and oxygen atoms in total. The van der Waals surface area contributed by atoms with E-state index in [2.05, 4.69) is 17.1 Å². The van der Waals surface area contributed by atoms with Crippen molar-refractivity contribution in [2.75, 3.05) is 29.9 Å². The van der Waals surface area contributed by atoms with Crippen molar-refractivity contribution >= 4 is 23.3 Å². The average Bonchev–Trinajstić information content (AvgIpc) is 2.68. The molecule has 5 heteroatoms. The highest BCUT2D eigenvalue weighted by molar-refractivity contribution is 5.95. The van der Waals surface area contributed by atoms with Crippen LogP contribution in [-0.2, 0) is 9.53 Å². The SMILES string of the molecule is CC1CCN(c2ccc(NC(=O)COC(=O)c3ccccc3)cc2)CC1. The zero-order valence-corrected chi connectivity index (χ0v) is 15.0. The molecular formula is C21H24N2O3. The van der Waals surface area contributed by atoms with E-state index in [0.29, 0.717) is 11.3 Å². The van der Waals surface area contributed by atoms with Crippen LogP contribution in [-0.4, -0.2) is 31.6 Å². The molecule has 0 spiro atoms. The average molecular weight is 352 g/mol. The van der Waals surface area contributed by atoms with E-state index in [1.165, 1.54) is 18.5 Å². The second-order valence-corrected chi connectivity index (χ2v) is 6.71. The molecule has 2 aromatic carbocycles. The van der Waals surface area contributed by atoms with Crippen LogP contribution in [0, 0.1) is 5.92 Å². The summed E-state index contributed by atoms with van der Waals surface area (Å²) < 4.78 is 5.03. The van der Waals surface area contributed by atoms with Crippen LogP contribution in [0.5, 0.6) is 0 Å². The van der Waals surface area contributed by atoms with E-state index >= 15 is 0 Å². The lowest BCUT2D eigenvalue weighted by molar-refractivity contribution is -0.119. The van der Waals surface area contributed by atoms with E-state index in [-0.39, 0.29) is 12.5 Å². The van der Waals surface area contributed by atoms with Gasteiger partial charge in [-0.25, -0.2) is 4.79 Å². The van der Waals surface area contributed by atoms with Gasteiger partial charge in [0.15, 0.2) is 6.61 Å². The monoisotopic (exact) mass is 352 g/mol. The molecule has 0 radical (unpaired) electrons. The fourth-order valence-corrected chi connectivity index (χ4v) is 3.01. The summed E-state index contributed by atoms with van der Waals surface area (Å²) in [5.41, 5.74) is 2.30. The van der Waals surface area contributed by atoms with Crippen molar-refractivity contribution in [2.24, 2.45) is 5.92 Å². The van der Waals surface area contributed by atoms with Crippen LogP contribution >= 0.6 is 0 Å². The Labute approximate surface area is 154 Å². The lowest BCUT2D eigenvalue weighted by Crippen LogP contribution is -2.32. The predicted molar refractivity (Wildman–Crippen MR) is 102 cm³/mol. The minimum absolute atomic E-state index is 0.306. The summed E-state index contributed by atoms with van der Waals surface area (Å²) in [6.45, 7) is 4.13. The molecule has 0 unspecified atom stereocenters. The Morgan fingerprint density at radius 2 is 1.69 bits per heavy atom. The Balaban J connectivity index is 1.48. The number of amides is 1. The van der Waals surface area contributed by atoms with E-state index in [1.54, 1.807) is 24.3 Å². The van der Waals surface area contributed by atoms with Crippen LogP contribution in [0.25, 0.3) is 0 Å². The first kappa shape index (κ1) is 18.0. The lowest BCUT2D eigenvalue weighted by Gasteiger charge is -2.32. The molecule has 0 aliphatic carbocycles. The molecular weight excluding hydrogens is 328 g/mol. The molecule has 0 saturated carbocycles. The standard InChI is InChI=1S/C21H24N2O3/c1-16-11-13-23(14-12-16)19-9-7-18(8-10-19)22-20(24)15-26-21(25)17-5-3-2-4-6-17/h2-10,16H,11-15H2,1H3,(H,22,24). The Morgan fingerprint density at radius 3 is 2.35 bits per heavy atom. The molecule has 1 heterocycles. The van der Waals surface area contributed by atoms with Gasteiger partial charge < -0.3 is 15.0 Å². The summed E-state index contributed by atoms with van der Waals surface area (Å²) in [6.07, 6.45) is 2.43. The van der Waals surface area contributed by atoms with Gasteiger partial charge in [-0.3, -0.25) is 4.79 Å². The minimum atomic E-state index is -0.504. The normalized spacial score (nSPS) is 14.7. The Morgan fingerprint density at radius 1 is 1.04 bits per heavy atom. The van der Waals surface area contributed by atoms with Gasteiger partial charge in [0.05, 0.1) is 5.56 Å². The van der Waals surface area contributed by atoms with Crippen molar-refractivity contribution in [3.8, 4) is 0 Å². The molecule has 1 fully saturated rings. The number of hydrogen-bond acceptors (Lipinski definition) is 4. The maximum Gasteiger partial charge on any atom is 0.338 e. The molecule has 26 heavy (non-hydrogen) atoms. The molecule has 1 amide bonds. The van der Waals surface area contributed by atoms with Gasteiger partial charge in [-0.05, 0) is 55.2 Å². The third kappa shape index (κ3) is 4.85. The van der Waals surface area contributed by atoms with Crippen molar-refractivity contribution in [3.63, 3.8) is 0 Å². The molecule has 3 rings (SSSR count). The number of piperidine rings is 1. The summed E-state index contributed by atoms with van der Waals surface area (Å²) >= 11 is 0. The molecule has 2 aromatic rings. The highest BCUT2D eigenvalue weighted by Crippen LogP contribution is 2.24. The molecule has 1 aliphatic rings. The molecule has 0 atom stereocenters. The van der Waals surface area contributed by atoms with Crippen LogP contribution < -0.4 is 10.2 Å². The third-order valence-corrected chi connectivity index (χ3v) is 4.64. The first-order chi connectivity index (χ1) is 12.6. The quantitative estimate of drug-likeness (QED) is 0.833. The van der Waals surface area contributed by atoms with Gasteiger partial charge in [-0.1, -0.05) is 25.1 Å². The van der Waals surface area contributed by atoms with Gasteiger partial charge in [-0.15, -0.1) is 0 Å². The van der Waals surface area contributed by atoms with Crippen molar-refractivity contribution in [3.05, 3.63) is 60.2 Å². The van der Waals surface area contributed by atoms with Crippen molar-refractivity contribution in [1.82, 2.24) is 0 Å². The maximum absolute atomic E-state index is 12.0. The summed E-state index contributed by atoms with van der Waals surface area (Å²) in [5.74, 6) is -0.0624. The topological polar surface area (TPSA) is 58.6 Å². The highest BCUT2D eigenvalue weighted by atomic mass is 16.5. The van der Waals surface area contributed by atoms with Crippen LogP contribution in [0.15, 0.2) is 54.6 Å². The number of rotatable bonds is 5. The summed E-state index contributed by atoms with van der Waals surface area (Å²) in [4.78, 5) is 26.2. The number of hydrogen-bond donors (Lipinski definition) is 1. The molecule has 1 N–H and O–H groups in total. The van der Waals surface area contributed by atoms with Gasteiger partial charge in [0.1, 0.15) is 0 Å². The van der Waals surface area contributed by atoms with E-state index in [9.17, 15) is 9.59 Å². The number of carbonyl (C=O) groups excluding carboxylic acids is 2. The third-order valence-electron chi connectivity index (χ3n) is 4.64. The second-order valence-electron chi connectivity index (χ2n) is 6.71. The van der Waals surface area contributed by atoms with Crippen molar-refractivity contribution < 1.29 is 14.3 Å². The van der Waals surface area contributed by atoms with E-state index in [1.807, 2.05) is 30.3 Å². The Kier molecular flexibility index (Phi) is 5.89. The van der Waals surface area contributed by atoms with Crippen LogP contribution in [0.4, 0.5) is 11.4 Å². The number of ether oxygens (including phenoxy) is 1. The van der Waals surface area contributed by atoms with Crippen LogP contribution in [0.3, 0.4) is 0 Å². The van der Waals surface area contributed by atoms with E-state index in [0.717, 1.165) is 19.0 Å².